The van der Waals surface area contributed by atoms with Crippen molar-refractivity contribution in [1.29, 1.82) is 0 Å². The second kappa shape index (κ2) is 6.33. The lowest BCUT2D eigenvalue weighted by Gasteiger charge is -2.52. The molecular formula is C17H33N3. The Morgan fingerprint density at radius 2 is 1.85 bits per heavy atom. The summed E-state index contributed by atoms with van der Waals surface area (Å²) in [5, 5.41) is 0. The summed E-state index contributed by atoms with van der Waals surface area (Å²) in [6, 6.07) is 1.55. The molecule has 2 N–H and O–H groups in total. The van der Waals surface area contributed by atoms with E-state index >= 15 is 0 Å². The van der Waals surface area contributed by atoms with Crippen LogP contribution in [0.3, 0.4) is 0 Å². The Morgan fingerprint density at radius 3 is 2.65 bits per heavy atom. The molecule has 3 aliphatic heterocycles. The molecule has 0 aliphatic carbocycles. The zero-order valence-corrected chi connectivity index (χ0v) is 13.3. The molecule has 3 nitrogen and oxygen atoms in total. The van der Waals surface area contributed by atoms with Gasteiger partial charge >= 0.3 is 0 Å². The molecule has 3 unspecified atom stereocenters. The van der Waals surface area contributed by atoms with Gasteiger partial charge in [-0.3, -0.25) is 9.80 Å². The molecule has 0 amide bonds. The van der Waals surface area contributed by atoms with E-state index in [2.05, 4.69) is 16.7 Å². The van der Waals surface area contributed by atoms with Gasteiger partial charge in [0.15, 0.2) is 0 Å². The maximum Gasteiger partial charge on any atom is 0.0501 e. The fraction of sp³-hybridized carbons (Fsp3) is 1.00. The Kier molecular flexibility index (Phi) is 4.68. The van der Waals surface area contributed by atoms with Crippen molar-refractivity contribution in [3.8, 4) is 0 Å². The number of nitrogens with two attached hydrogens (primary N) is 1. The molecule has 0 aromatic carbocycles. The van der Waals surface area contributed by atoms with Crippen LogP contribution in [-0.2, 0) is 0 Å². The van der Waals surface area contributed by atoms with Gasteiger partial charge in [0, 0.05) is 25.2 Å². The van der Waals surface area contributed by atoms with Crippen LogP contribution in [0.5, 0.6) is 0 Å². The van der Waals surface area contributed by atoms with E-state index in [1.807, 2.05) is 0 Å². The van der Waals surface area contributed by atoms with Crippen molar-refractivity contribution < 1.29 is 0 Å². The minimum atomic E-state index is 0.306. The van der Waals surface area contributed by atoms with Crippen LogP contribution in [0.15, 0.2) is 0 Å². The zero-order chi connectivity index (χ0) is 14.0. The molecule has 3 aliphatic rings. The molecule has 0 aromatic rings. The molecule has 0 bridgehead atoms. The zero-order valence-electron chi connectivity index (χ0n) is 13.3. The van der Waals surface area contributed by atoms with E-state index in [-0.39, 0.29) is 0 Å². The third kappa shape index (κ3) is 2.42. The predicted octanol–water partition coefficient (Wildman–Crippen LogP) is 2.60. The van der Waals surface area contributed by atoms with Crippen LogP contribution in [0, 0.1) is 0 Å². The quantitative estimate of drug-likeness (QED) is 0.858. The van der Waals surface area contributed by atoms with E-state index in [1.54, 1.807) is 0 Å². The molecule has 0 aromatic heterocycles. The van der Waals surface area contributed by atoms with Crippen LogP contribution in [-0.4, -0.2) is 53.6 Å². The Labute approximate surface area is 124 Å². The van der Waals surface area contributed by atoms with Crippen LogP contribution in [0.4, 0.5) is 0 Å². The van der Waals surface area contributed by atoms with Crippen LogP contribution in [0.25, 0.3) is 0 Å². The van der Waals surface area contributed by atoms with Crippen LogP contribution in [0.1, 0.15) is 64.7 Å². The van der Waals surface area contributed by atoms with Crippen LogP contribution >= 0.6 is 0 Å². The number of hydrogen-bond donors (Lipinski definition) is 1. The lowest BCUT2D eigenvalue weighted by atomic mass is 9.80. The van der Waals surface area contributed by atoms with E-state index in [9.17, 15) is 0 Å². The van der Waals surface area contributed by atoms with Crippen molar-refractivity contribution in [3.05, 3.63) is 0 Å². The second-order valence-electron chi connectivity index (χ2n) is 7.24. The van der Waals surface area contributed by atoms with Gasteiger partial charge in [-0.1, -0.05) is 26.2 Å². The molecule has 0 radical (unpaired) electrons. The van der Waals surface area contributed by atoms with Gasteiger partial charge in [-0.2, -0.15) is 0 Å². The first kappa shape index (κ1) is 14.8. The number of hydrogen-bond acceptors (Lipinski definition) is 3. The van der Waals surface area contributed by atoms with Crippen molar-refractivity contribution in [3.63, 3.8) is 0 Å². The topological polar surface area (TPSA) is 32.5 Å². The summed E-state index contributed by atoms with van der Waals surface area (Å²) in [4.78, 5) is 5.64. The number of rotatable bonds is 4. The van der Waals surface area contributed by atoms with Crippen molar-refractivity contribution in [1.82, 2.24) is 9.80 Å². The maximum atomic E-state index is 6.40. The van der Waals surface area contributed by atoms with E-state index in [4.69, 9.17) is 5.73 Å². The minimum Gasteiger partial charge on any atom is -0.329 e. The molecule has 3 atom stereocenters. The lowest BCUT2D eigenvalue weighted by Crippen LogP contribution is -2.65. The highest BCUT2D eigenvalue weighted by molar-refractivity contribution is 5.10. The van der Waals surface area contributed by atoms with Gasteiger partial charge in [-0.25, -0.2) is 0 Å². The maximum absolute atomic E-state index is 6.40. The molecule has 0 saturated carbocycles. The third-order valence-corrected chi connectivity index (χ3v) is 6.24. The number of fused-ring (bicyclic) bond motifs is 1. The van der Waals surface area contributed by atoms with E-state index in [0.29, 0.717) is 5.54 Å². The average Bonchev–Trinajstić information content (AvgIpc) is 2.88. The SMILES string of the molecule is CCCC1CCCCN1C1(CN)CCN2CCCCC21. The van der Waals surface area contributed by atoms with Crippen molar-refractivity contribution in [2.45, 2.75) is 82.3 Å². The molecule has 3 saturated heterocycles. The Balaban J connectivity index is 1.83. The van der Waals surface area contributed by atoms with Crippen molar-refractivity contribution in [2.75, 3.05) is 26.2 Å². The molecule has 3 rings (SSSR count). The van der Waals surface area contributed by atoms with Gasteiger partial charge in [0.1, 0.15) is 0 Å². The highest BCUT2D eigenvalue weighted by atomic mass is 15.3. The molecule has 116 valence electrons. The van der Waals surface area contributed by atoms with Crippen LogP contribution < -0.4 is 5.73 Å². The van der Waals surface area contributed by atoms with Gasteiger partial charge in [0.2, 0.25) is 0 Å². The molecule has 0 spiro atoms. The average molecular weight is 279 g/mol. The predicted molar refractivity (Wildman–Crippen MR) is 84.9 cm³/mol. The fourth-order valence-electron chi connectivity index (χ4n) is 5.28. The molecule has 3 heteroatoms. The summed E-state index contributed by atoms with van der Waals surface area (Å²) >= 11 is 0. The van der Waals surface area contributed by atoms with Gasteiger partial charge in [-0.15, -0.1) is 0 Å². The summed E-state index contributed by atoms with van der Waals surface area (Å²) in [5.41, 5.74) is 6.70. The number of piperidine rings is 2. The summed E-state index contributed by atoms with van der Waals surface area (Å²) in [6.07, 6.45) is 12.4. The highest BCUT2D eigenvalue weighted by Gasteiger charge is 2.52. The standard InChI is InChI=1S/C17H33N3/c1-2-7-15-8-3-6-12-20(15)17(14-18)10-13-19-11-5-4-9-16(17)19/h15-16H,2-14,18H2,1H3. The van der Waals surface area contributed by atoms with Crippen molar-refractivity contribution >= 4 is 0 Å². The van der Waals surface area contributed by atoms with Gasteiger partial charge in [0.05, 0.1) is 5.54 Å². The first-order valence-electron chi connectivity index (χ1n) is 9.02. The van der Waals surface area contributed by atoms with Crippen molar-refractivity contribution in [2.24, 2.45) is 5.73 Å². The van der Waals surface area contributed by atoms with Gasteiger partial charge in [0.25, 0.3) is 0 Å². The minimum absolute atomic E-state index is 0.306. The van der Waals surface area contributed by atoms with E-state index in [0.717, 1.165) is 18.6 Å². The fourth-order valence-corrected chi connectivity index (χ4v) is 5.28. The first-order chi connectivity index (χ1) is 9.81. The third-order valence-electron chi connectivity index (χ3n) is 6.24. The Bertz CT molecular complexity index is 317. The summed E-state index contributed by atoms with van der Waals surface area (Å²) in [6.45, 7) is 7.11. The van der Waals surface area contributed by atoms with Gasteiger partial charge < -0.3 is 5.73 Å². The Morgan fingerprint density at radius 1 is 1.05 bits per heavy atom. The summed E-state index contributed by atoms with van der Waals surface area (Å²) in [5.74, 6) is 0. The van der Waals surface area contributed by atoms with Crippen LogP contribution in [0.2, 0.25) is 0 Å². The second-order valence-corrected chi connectivity index (χ2v) is 7.24. The van der Waals surface area contributed by atoms with E-state index in [1.165, 1.54) is 77.4 Å². The molecule has 20 heavy (non-hydrogen) atoms. The largest absolute Gasteiger partial charge is 0.329 e. The smallest absolute Gasteiger partial charge is 0.0501 e. The number of likely N-dealkylation sites (tertiary alicyclic amines) is 1. The Hall–Kier alpha value is -0.120. The lowest BCUT2D eigenvalue weighted by molar-refractivity contribution is -0.0146. The monoisotopic (exact) mass is 279 g/mol. The highest BCUT2D eigenvalue weighted by Crippen LogP contribution is 2.42. The summed E-state index contributed by atoms with van der Waals surface area (Å²) in [7, 11) is 0. The molecule has 3 fully saturated rings. The molecular weight excluding hydrogens is 246 g/mol. The molecule has 3 heterocycles. The van der Waals surface area contributed by atoms with Gasteiger partial charge in [-0.05, 0) is 51.6 Å². The first-order valence-corrected chi connectivity index (χ1v) is 9.02. The normalized spacial score (nSPS) is 39.9. The number of nitrogens with zero attached hydrogens (tertiary/aromatic N) is 2. The summed E-state index contributed by atoms with van der Waals surface area (Å²) < 4.78 is 0. The van der Waals surface area contributed by atoms with E-state index < -0.39 is 0 Å².